The molecule has 1 fully saturated rings. The number of halogens is 5. The average Bonchev–Trinajstić information content (AvgIpc) is 3.11. The number of hydrogen-bond donors (Lipinski definition) is 0. The minimum atomic E-state index is -4.87. The number of hydrogen-bond acceptors (Lipinski definition) is 5. The second-order valence-electron chi connectivity index (χ2n) is 9.02. The van der Waals surface area contributed by atoms with Gasteiger partial charge in [0.1, 0.15) is 5.58 Å². The van der Waals surface area contributed by atoms with Crippen molar-refractivity contribution in [2.24, 2.45) is 5.92 Å². The first-order valence-corrected chi connectivity index (χ1v) is 13.2. The number of carbonyl (C=O) groups excluding carboxylic acids is 1. The van der Waals surface area contributed by atoms with E-state index in [1.807, 2.05) is 0 Å². The molecule has 0 saturated carbocycles. The van der Waals surface area contributed by atoms with E-state index >= 15 is 8.78 Å². The molecule has 1 saturated heterocycles. The van der Waals surface area contributed by atoms with E-state index in [0.29, 0.717) is 12.1 Å². The van der Waals surface area contributed by atoms with Crippen LogP contribution in [0.25, 0.3) is 22.1 Å². The van der Waals surface area contributed by atoms with Gasteiger partial charge < -0.3 is 9.32 Å². The molecule has 0 bridgehead atoms. The van der Waals surface area contributed by atoms with E-state index in [1.165, 1.54) is 48.5 Å². The zero-order chi connectivity index (χ0) is 28.2. The first-order chi connectivity index (χ1) is 18.3. The van der Waals surface area contributed by atoms with E-state index in [-0.39, 0.29) is 22.2 Å². The molecule has 2 heterocycles. The van der Waals surface area contributed by atoms with Crippen molar-refractivity contribution in [3.63, 3.8) is 0 Å². The average molecular weight is 564 g/mol. The molecule has 1 amide bonds. The molecular weight excluding hydrogens is 545 g/mol. The Labute approximate surface area is 218 Å². The molecule has 1 atom stereocenters. The summed E-state index contributed by atoms with van der Waals surface area (Å²) >= 11 is 0. The largest absolute Gasteiger partial charge is 0.422 e. The molecule has 1 aliphatic heterocycles. The van der Waals surface area contributed by atoms with E-state index < -0.39 is 67.7 Å². The minimum absolute atomic E-state index is 0.132. The number of fused-ring (bicyclic) bond motifs is 1. The smallest absolute Gasteiger partial charge is 0.416 e. The van der Waals surface area contributed by atoms with Crippen LogP contribution in [-0.2, 0) is 20.8 Å². The summed E-state index contributed by atoms with van der Waals surface area (Å²) in [5, 5.41) is -0.132. The molecule has 12 heteroatoms. The van der Waals surface area contributed by atoms with Crippen LogP contribution >= 0.6 is 0 Å². The third-order valence-corrected chi connectivity index (χ3v) is 8.34. The molecule has 4 aromatic rings. The van der Waals surface area contributed by atoms with Gasteiger partial charge in [-0.25, -0.2) is 13.2 Å². The van der Waals surface area contributed by atoms with Crippen LogP contribution in [0.15, 0.2) is 93.0 Å². The summed E-state index contributed by atoms with van der Waals surface area (Å²) in [5.41, 5.74) is -3.13. The van der Waals surface area contributed by atoms with Gasteiger partial charge in [0.15, 0.2) is 14.7 Å². The first kappa shape index (κ1) is 26.5. The number of sulfone groups is 1. The maximum absolute atomic E-state index is 15.1. The molecule has 1 aliphatic rings. The molecule has 39 heavy (non-hydrogen) atoms. The lowest BCUT2D eigenvalue weighted by Crippen LogP contribution is -2.37. The Bertz CT molecular complexity index is 1740. The minimum Gasteiger partial charge on any atom is -0.422 e. The molecular formula is C27H18F5NO5S. The maximum atomic E-state index is 15.1. The van der Waals surface area contributed by atoms with Gasteiger partial charge in [0.2, 0.25) is 0 Å². The van der Waals surface area contributed by atoms with E-state index in [4.69, 9.17) is 4.42 Å². The van der Waals surface area contributed by atoms with Crippen molar-refractivity contribution < 1.29 is 39.6 Å². The van der Waals surface area contributed by atoms with Crippen molar-refractivity contribution in [3.05, 3.63) is 94.8 Å². The molecule has 0 N–H and O–H groups in total. The Balaban J connectivity index is 1.65. The lowest BCUT2D eigenvalue weighted by atomic mass is 10.0. The highest BCUT2D eigenvalue weighted by molar-refractivity contribution is 7.91. The fourth-order valence-corrected chi connectivity index (χ4v) is 6.49. The van der Waals surface area contributed by atoms with Gasteiger partial charge in [0.05, 0.1) is 17.2 Å². The highest BCUT2D eigenvalue weighted by Gasteiger charge is 2.58. The summed E-state index contributed by atoms with van der Waals surface area (Å²) in [7, 11) is -4.87. The summed E-state index contributed by atoms with van der Waals surface area (Å²) in [6.45, 7) is -0.635. The van der Waals surface area contributed by atoms with Crippen molar-refractivity contribution in [2.75, 3.05) is 17.2 Å². The number of anilines is 1. The lowest BCUT2D eigenvalue weighted by Gasteiger charge is -2.18. The monoisotopic (exact) mass is 563 g/mol. The van der Waals surface area contributed by atoms with Crippen molar-refractivity contribution in [1.29, 1.82) is 0 Å². The van der Waals surface area contributed by atoms with Gasteiger partial charge >= 0.3 is 17.7 Å². The summed E-state index contributed by atoms with van der Waals surface area (Å²) in [6.07, 6.45) is -4.77. The SMILES string of the molecule is O=C1N(c2ccccc2)CC(CS(=O)(=O)c2c(-c3ccccc3)c3ccc(C(F)(F)F)cc3oc2=O)C1(F)F. The summed E-state index contributed by atoms with van der Waals surface area (Å²) < 4.78 is 102. The molecule has 1 aromatic heterocycles. The van der Waals surface area contributed by atoms with Gasteiger partial charge in [-0.3, -0.25) is 4.79 Å². The van der Waals surface area contributed by atoms with Crippen LogP contribution in [0.5, 0.6) is 0 Å². The number of para-hydroxylation sites is 1. The number of benzene rings is 3. The predicted octanol–water partition coefficient (Wildman–Crippen LogP) is 5.55. The number of amides is 1. The first-order valence-electron chi connectivity index (χ1n) is 11.5. The van der Waals surface area contributed by atoms with Crippen molar-refractivity contribution in [3.8, 4) is 11.1 Å². The van der Waals surface area contributed by atoms with Crippen LogP contribution in [0.3, 0.4) is 0 Å². The Hall–Kier alpha value is -4.06. The Morgan fingerprint density at radius 3 is 2.15 bits per heavy atom. The quantitative estimate of drug-likeness (QED) is 0.235. The second-order valence-corrected chi connectivity index (χ2v) is 11.0. The van der Waals surface area contributed by atoms with Crippen molar-refractivity contribution in [2.45, 2.75) is 17.0 Å². The third kappa shape index (κ3) is 4.69. The molecule has 0 radical (unpaired) electrons. The standard InChI is InChI=1S/C27H18F5NO5S/c28-26(29)18(14-33(25(26)35)19-9-5-2-6-10-19)15-39(36,37)23-22(16-7-3-1-4-8-16)20-12-11-17(27(30,31)32)13-21(20)38-24(23)34/h1-13,18H,14-15H2. The number of rotatable bonds is 5. The predicted molar refractivity (Wildman–Crippen MR) is 132 cm³/mol. The highest BCUT2D eigenvalue weighted by atomic mass is 32.2. The fourth-order valence-electron chi connectivity index (χ4n) is 4.64. The van der Waals surface area contributed by atoms with Crippen LogP contribution in [0.1, 0.15) is 5.56 Å². The topological polar surface area (TPSA) is 84.7 Å². The second kappa shape index (κ2) is 9.30. The maximum Gasteiger partial charge on any atom is 0.416 e. The lowest BCUT2D eigenvalue weighted by molar-refractivity contribution is -0.141. The molecule has 6 nitrogen and oxygen atoms in total. The van der Waals surface area contributed by atoms with E-state index in [2.05, 4.69) is 0 Å². The normalized spacial score (nSPS) is 17.6. The van der Waals surface area contributed by atoms with Crippen molar-refractivity contribution in [1.82, 2.24) is 0 Å². The van der Waals surface area contributed by atoms with Crippen molar-refractivity contribution >= 4 is 32.4 Å². The van der Waals surface area contributed by atoms with Crippen LogP contribution in [0, 0.1) is 5.92 Å². The Morgan fingerprint density at radius 2 is 1.54 bits per heavy atom. The van der Waals surface area contributed by atoms with E-state index in [1.54, 1.807) is 12.1 Å². The molecule has 0 aliphatic carbocycles. The van der Waals surface area contributed by atoms with Gasteiger partial charge in [-0.05, 0) is 35.9 Å². The molecule has 202 valence electrons. The molecule has 0 spiro atoms. The number of alkyl halides is 5. The van der Waals surface area contributed by atoms with E-state index in [0.717, 1.165) is 11.0 Å². The Morgan fingerprint density at radius 1 is 0.923 bits per heavy atom. The van der Waals surface area contributed by atoms with Crippen LogP contribution in [0.4, 0.5) is 27.6 Å². The summed E-state index contributed by atoms with van der Waals surface area (Å²) in [5.74, 6) is -8.94. The van der Waals surface area contributed by atoms with Gasteiger partial charge in [0.25, 0.3) is 5.91 Å². The summed E-state index contributed by atoms with van der Waals surface area (Å²) in [4.78, 5) is 25.3. The zero-order valence-corrected chi connectivity index (χ0v) is 20.6. The van der Waals surface area contributed by atoms with Gasteiger partial charge in [-0.15, -0.1) is 0 Å². The number of nitrogens with zero attached hydrogens (tertiary/aromatic N) is 1. The van der Waals surface area contributed by atoms with Crippen LogP contribution < -0.4 is 10.5 Å². The van der Waals surface area contributed by atoms with Crippen LogP contribution in [0.2, 0.25) is 0 Å². The molecule has 1 unspecified atom stereocenters. The molecule has 5 rings (SSSR count). The number of carbonyl (C=O) groups is 1. The fraction of sp³-hybridized carbons (Fsp3) is 0.185. The highest BCUT2D eigenvalue weighted by Crippen LogP contribution is 2.41. The van der Waals surface area contributed by atoms with Gasteiger partial charge in [-0.1, -0.05) is 48.5 Å². The third-order valence-electron chi connectivity index (χ3n) is 6.50. The van der Waals surface area contributed by atoms with Crippen LogP contribution in [-0.4, -0.2) is 32.5 Å². The van der Waals surface area contributed by atoms with E-state index in [9.17, 15) is 31.2 Å². The van der Waals surface area contributed by atoms with Gasteiger partial charge in [-0.2, -0.15) is 22.0 Å². The van der Waals surface area contributed by atoms with Gasteiger partial charge in [0, 0.05) is 23.2 Å². The zero-order valence-electron chi connectivity index (χ0n) is 19.8. The summed E-state index contributed by atoms with van der Waals surface area (Å²) in [6, 6.07) is 17.2. The molecule has 3 aromatic carbocycles. The Kier molecular flexibility index (Phi) is 6.33.